The number of aryl methyl sites for hydroxylation is 1. The van der Waals surface area contributed by atoms with Gasteiger partial charge < -0.3 is 5.11 Å². The fourth-order valence-corrected chi connectivity index (χ4v) is 1.05. The molecule has 0 aliphatic rings. The van der Waals surface area contributed by atoms with Gasteiger partial charge >= 0.3 is 0 Å². The molecule has 0 aliphatic carbocycles. The average Bonchev–Trinajstić information content (AvgIpc) is 2.47. The highest BCUT2D eigenvalue weighted by Crippen LogP contribution is 2.16. The van der Waals surface area contributed by atoms with Crippen LogP contribution in [0.4, 0.5) is 0 Å². The minimum atomic E-state index is -0.406. The van der Waals surface area contributed by atoms with Crippen LogP contribution in [0, 0.1) is 0 Å². The van der Waals surface area contributed by atoms with Crippen molar-refractivity contribution in [2.45, 2.75) is 18.9 Å². The number of nitrogens with zero attached hydrogens (tertiary/aromatic N) is 2. The Balaban J connectivity index is 2.52. The largest absolute Gasteiger partial charge is 0.388 e. The molecule has 0 aromatic carbocycles. The van der Waals surface area contributed by atoms with E-state index in [-0.39, 0.29) is 0 Å². The van der Waals surface area contributed by atoms with Crippen molar-refractivity contribution in [1.29, 1.82) is 0 Å². The maximum atomic E-state index is 9.56. The summed E-state index contributed by atoms with van der Waals surface area (Å²) in [6.45, 7) is 3.60. The van der Waals surface area contributed by atoms with Crippen LogP contribution >= 0.6 is 0 Å². The lowest BCUT2D eigenvalue weighted by Gasteiger charge is -2.04. The number of aromatic nitrogens is 2. The van der Waals surface area contributed by atoms with Crippen LogP contribution in [0.15, 0.2) is 25.0 Å². The summed E-state index contributed by atoms with van der Waals surface area (Å²) in [6.07, 6.45) is 6.46. The fraction of sp³-hybridized carbons (Fsp3) is 0.444. The molecule has 66 valence electrons. The zero-order chi connectivity index (χ0) is 8.97. The molecule has 0 aliphatic heterocycles. The van der Waals surface area contributed by atoms with Gasteiger partial charge in [-0.05, 0) is 12.8 Å². The van der Waals surface area contributed by atoms with Gasteiger partial charge in [0.2, 0.25) is 0 Å². The molecule has 3 heteroatoms. The Morgan fingerprint density at radius 2 is 2.58 bits per heavy atom. The van der Waals surface area contributed by atoms with E-state index in [0.717, 1.165) is 18.4 Å². The van der Waals surface area contributed by atoms with Crippen LogP contribution in [0.1, 0.15) is 24.5 Å². The molecule has 1 N–H and O–H groups in total. The first-order valence-electron chi connectivity index (χ1n) is 4.01. The molecule has 1 heterocycles. The molecule has 1 rings (SSSR count). The van der Waals surface area contributed by atoms with E-state index in [2.05, 4.69) is 11.7 Å². The third-order valence-electron chi connectivity index (χ3n) is 1.75. The van der Waals surface area contributed by atoms with Gasteiger partial charge in [0.1, 0.15) is 0 Å². The average molecular weight is 166 g/mol. The van der Waals surface area contributed by atoms with E-state index < -0.39 is 6.10 Å². The molecule has 1 unspecified atom stereocenters. The molecule has 12 heavy (non-hydrogen) atoms. The summed E-state index contributed by atoms with van der Waals surface area (Å²) in [5.74, 6) is 0. The van der Waals surface area contributed by atoms with Crippen molar-refractivity contribution >= 4 is 0 Å². The summed E-state index contributed by atoms with van der Waals surface area (Å²) in [5.41, 5.74) is 0.874. The number of rotatable bonds is 4. The highest BCUT2D eigenvalue weighted by Gasteiger charge is 2.07. The normalized spacial score (nSPS) is 12.8. The molecule has 0 amide bonds. The summed E-state index contributed by atoms with van der Waals surface area (Å²) in [5, 5.41) is 13.5. The molecule has 0 fully saturated rings. The van der Waals surface area contributed by atoms with E-state index >= 15 is 0 Å². The molecule has 0 bridgehead atoms. The van der Waals surface area contributed by atoms with Gasteiger partial charge in [-0.25, -0.2) is 0 Å². The Morgan fingerprint density at radius 1 is 1.83 bits per heavy atom. The van der Waals surface area contributed by atoms with Crippen molar-refractivity contribution in [2.75, 3.05) is 0 Å². The van der Waals surface area contributed by atoms with Gasteiger partial charge in [0.15, 0.2) is 0 Å². The molecule has 0 saturated carbocycles. The van der Waals surface area contributed by atoms with Crippen LogP contribution in [0.3, 0.4) is 0 Å². The van der Waals surface area contributed by atoms with E-state index in [4.69, 9.17) is 0 Å². The SMILES string of the molecule is C=CCCC(O)c1cnn(C)c1. The van der Waals surface area contributed by atoms with Crippen LogP contribution in [0.25, 0.3) is 0 Å². The van der Waals surface area contributed by atoms with Crippen molar-refractivity contribution in [3.05, 3.63) is 30.6 Å². The summed E-state index contributed by atoms with van der Waals surface area (Å²) in [6, 6.07) is 0. The summed E-state index contributed by atoms with van der Waals surface area (Å²) in [4.78, 5) is 0. The van der Waals surface area contributed by atoms with Crippen LogP contribution < -0.4 is 0 Å². The van der Waals surface area contributed by atoms with Gasteiger partial charge in [-0.15, -0.1) is 6.58 Å². The highest BCUT2D eigenvalue weighted by atomic mass is 16.3. The maximum absolute atomic E-state index is 9.56. The monoisotopic (exact) mass is 166 g/mol. The van der Waals surface area contributed by atoms with Crippen LogP contribution in [0.5, 0.6) is 0 Å². The van der Waals surface area contributed by atoms with Crippen molar-refractivity contribution in [3.8, 4) is 0 Å². The summed E-state index contributed by atoms with van der Waals surface area (Å²) < 4.78 is 1.69. The standard InChI is InChI=1S/C9H14N2O/c1-3-4-5-9(12)8-6-10-11(2)7-8/h3,6-7,9,12H,1,4-5H2,2H3. The molecule has 0 saturated heterocycles. The van der Waals surface area contributed by atoms with Crippen LogP contribution in [-0.4, -0.2) is 14.9 Å². The van der Waals surface area contributed by atoms with Gasteiger partial charge in [0, 0.05) is 18.8 Å². The van der Waals surface area contributed by atoms with Crippen molar-refractivity contribution in [1.82, 2.24) is 9.78 Å². The first-order valence-corrected chi connectivity index (χ1v) is 4.01. The zero-order valence-electron chi connectivity index (χ0n) is 7.27. The Hall–Kier alpha value is -1.09. The first-order chi connectivity index (χ1) is 5.74. The Labute approximate surface area is 72.3 Å². The highest BCUT2D eigenvalue weighted by molar-refractivity contribution is 5.07. The Bertz CT molecular complexity index is 255. The van der Waals surface area contributed by atoms with Crippen molar-refractivity contribution in [3.63, 3.8) is 0 Å². The number of hydrogen-bond acceptors (Lipinski definition) is 2. The van der Waals surface area contributed by atoms with Gasteiger partial charge in [-0.3, -0.25) is 4.68 Å². The molecule has 0 spiro atoms. The molecule has 3 nitrogen and oxygen atoms in total. The number of aliphatic hydroxyl groups excluding tert-OH is 1. The van der Waals surface area contributed by atoms with Crippen molar-refractivity contribution in [2.24, 2.45) is 7.05 Å². The molecule has 0 radical (unpaired) electrons. The second kappa shape index (κ2) is 4.07. The minimum absolute atomic E-state index is 0.406. The van der Waals surface area contributed by atoms with Gasteiger partial charge in [-0.1, -0.05) is 6.08 Å². The lowest BCUT2D eigenvalue weighted by atomic mass is 10.1. The topological polar surface area (TPSA) is 38.1 Å². The quantitative estimate of drug-likeness (QED) is 0.687. The maximum Gasteiger partial charge on any atom is 0.0823 e. The van der Waals surface area contributed by atoms with E-state index in [1.54, 1.807) is 17.0 Å². The Kier molecular flexibility index (Phi) is 3.05. The third kappa shape index (κ3) is 2.20. The smallest absolute Gasteiger partial charge is 0.0823 e. The van der Waals surface area contributed by atoms with Gasteiger partial charge in [0.25, 0.3) is 0 Å². The minimum Gasteiger partial charge on any atom is -0.388 e. The van der Waals surface area contributed by atoms with E-state index in [9.17, 15) is 5.11 Å². The van der Waals surface area contributed by atoms with Gasteiger partial charge in [-0.2, -0.15) is 5.10 Å². The first kappa shape index (κ1) is 9.00. The molecule has 1 atom stereocenters. The lowest BCUT2D eigenvalue weighted by Crippen LogP contribution is -1.94. The predicted octanol–water partition coefficient (Wildman–Crippen LogP) is 1.42. The summed E-state index contributed by atoms with van der Waals surface area (Å²) >= 11 is 0. The second-order valence-corrected chi connectivity index (χ2v) is 2.83. The number of aliphatic hydroxyl groups is 1. The van der Waals surface area contributed by atoms with E-state index in [1.165, 1.54) is 0 Å². The van der Waals surface area contributed by atoms with E-state index in [0.29, 0.717) is 0 Å². The zero-order valence-corrected chi connectivity index (χ0v) is 7.27. The fourth-order valence-electron chi connectivity index (χ4n) is 1.05. The molecule has 1 aromatic rings. The molecular weight excluding hydrogens is 152 g/mol. The van der Waals surface area contributed by atoms with Crippen LogP contribution in [-0.2, 0) is 7.05 Å². The molecule has 1 aromatic heterocycles. The third-order valence-corrected chi connectivity index (χ3v) is 1.75. The second-order valence-electron chi connectivity index (χ2n) is 2.83. The van der Waals surface area contributed by atoms with Gasteiger partial charge in [0.05, 0.1) is 12.3 Å². The molecular formula is C9H14N2O. The lowest BCUT2D eigenvalue weighted by molar-refractivity contribution is 0.168. The van der Waals surface area contributed by atoms with E-state index in [1.807, 2.05) is 13.2 Å². The predicted molar refractivity (Wildman–Crippen MR) is 47.6 cm³/mol. The summed E-state index contributed by atoms with van der Waals surface area (Å²) in [7, 11) is 1.84. The number of allylic oxidation sites excluding steroid dienone is 1. The number of hydrogen-bond donors (Lipinski definition) is 1. The van der Waals surface area contributed by atoms with Crippen molar-refractivity contribution < 1.29 is 5.11 Å². The Morgan fingerprint density at radius 3 is 3.08 bits per heavy atom. The van der Waals surface area contributed by atoms with Crippen LogP contribution in [0.2, 0.25) is 0 Å².